The number of hydrogen-bond acceptors (Lipinski definition) is 8. The minimum atomic E-state index is -0.955. The predicted molar refractivity (Wildman–Crippen MR) is 125 cm³/mol. The molecule has 10 N–H and O–H groups in total. The Labute approximate surface area is 192 Å². The number of carboxylic acids is 2. The predicted octanol–water partition coefficient (Wildman–Crippen LogP) is 2.15. The summed E-state index contributed by atoms with van der Waals surface area (Å²) in [7, 11) is 1.54. The number of carbonyl (C=O) groups excluding carboxylic acids is 2. The van der Waals surface area contributed by atoms with Gasteiger partial charge in [0, 0.05) is 18.2 Å². The van der Waals surface area contributed by atoms with Gasteiger partial charge in [-0.15, -0.1) is 0 Å². The number of benzene rings is 2. The van der Waals surface area contributed by atoms with Crippen molar-refractivity contribution in [2.45, 2.75) is 25.8 Å². The summed E-state index contributed by atoms with van der Waals surface area (Å²) in [6.07, 6.45) is 1.90. The van der Waals surface area contributed by atoms with Crippen molar-refractivity contribution in [1.29, 1.82) is 0 Å². The van der Waals surface area contributed by atoms with E-state index in [0.29, 0.717) is 36.4 Å². The highest BCUT2D eigenvalue weighted by molar-refractivity contribution is 5.89. The summed E-state index contributed by atoms with van der Waals surface area (Å²) in [5.74, 6) is -1.33. The zero-order valence-corrected chi connectivity index (χ0v) is 18.7. The SMILES string of the molecule is CC(=O)Nc1ccc(C=O)cc1.COc1ccc(C(=O)O)cc1.N.NCCC[C@H](N)C(=O)O. The Morgan fingerprint density at radius 1 is 1.06 bits per heavy atom. The molecule has 0 saturated heterocycles. The zero-order chi connectivity index (χ0) is 24.5. The Balaban J connectivity index is 0. The van der Waals surface area contributed by atoms with Crippen LogP contribution in [0.1, 0.15) is 40.5 Å². The molecule has 1 amide bonds. The molecule has 0 radical (unpaired) electrons. The highest BCUT2D eigenvalue weighted by atomic mass is 16.5. The van der Waals surface area contributed by atoms with Gasteiger partial charge in [-0.05, 0) is 67.9 Å². The van der Waals surface area contributed by atoms with E-state index in [4.69, 9.17) is 26.4 Å². The molecular weight excluding hydrogens is 432 g/mol. The number of aliphatic carboxylic acids is 1. The lowest BCUT2D eigenvalue weighted by Crippen LogP contribution is -2.30. The van der Waals surface area contributed by atoms with Crippen LogP contribution in [0.5, 0.6) is 5.75 Å². The second-order valence-electron chi connectivity index (χ2n) is 6.33. The van der Waals surface area contributed by atoms with Crippen molar-refractivity contribution in [2.75, 3.05) is 19.0 Å². The van der Waals surface area contributed by atoms with Crippen LogP contribution in [0.25, 0.3) is 0 Å². The molecule has 0 saturated carbocycles. The second-order valence-corrected chi connectivity index (χ2v) is 6.33. The lowest BCUT2D eigenvalue weighted by molar-refractivity contribution is -0.138. The average Bonchev–Trinajstić information content (AvgIpc) is 2.78. The number of rotatable bonds is 8. The van der Waals surface area contributed by atoms with E-state index in [9.17, 15) is 19.2 Å². The number of nitrogens with two attached hydrogens (primary N) is 2. The van der Waals surface area contributed by atoms with Gasteiger partial charge in [0.2, 0.25) is 5.91 Å². The van der Waals surface area contributed by atoms with Crippen LogP contribution < -0.4 is 27.7 Å². The van der Waals surface area contributed by atoms with E-state index in [-0.39, 0.29) is 17.6 Å². The van der Waals surface area contributed by atoms with Gasteiger partial charge in [-0.1, -0.05) is 0 Å². The number of hydrogen-bond donors (Lipinski definition) is 6. The minimum Gasteiger partial charge on any atom is -0.497 e. The molecule has 11 heteroatoms. The van der Waals surface area contributed by atoms with Gasteiger partial charge in [0.25, 0.3) is 0 Å². The molecule has 1 atom stereocenters. The number of methoxy groups -OCH3 is 1. The maximum Gasteiger partial charge on any atom is 0.335 e. The van der Waals surface area contributed by atoms with E-state index >= 15 is 0 Å². The van der Waals surface area contributed by atoms with E-state index in [1.54, 1.807) is 36.4 Å². The first-order chi connectivity index (χ1) is 15.1. The van der Waals surface area contributed by atoms with E-state index in [1.165, 1.54) is 26.2 Å². The standard InChI is InChI=1S/C9H9NO2.C8H8O3.C5H12N2O2.H3N/c1-7(12)10-9-4-2-8(6-11)3-5-9;1-11-7-4-2-6(3-5-7)8(9)10;6-3-1-2-4(7)5(8)9;/h2-6H,1H3,(H,10,12);2-5H,1H3,(H,9,10);4H,1-3,6-7H2,(H,8,9);1H3/t;;4-;/m..0./s1. The molecule has 2 aromatic carbocycles. The van der Waals surface area contributed by atoms with E-state index in [1.807, 2.05) is 0 Å². The molecule has 0 aliphatic carbocycles. The van der Waals surface area contributed by atoms with Crippen molar-refractivity contribution in [3.8, 4) is 5.75 Å². The molecule has 2 aromatic rings. The highest BCUT2D eigenvalue weighted by Crippen LogP contribution is 2.10. The molecule has 0 fully saturated rings. The van der Waals surface area contributed by atoms with Crippen LogP contribution >= 0.6 is 0 Å². The van der Waals surface area contributed by atoms with E-state index in [0.717, 1.165) is 6.29 Å². The molecule has 0 unspecified atom stereocenters. The number of carbonyl (C=O) groups is 4. The number of amides is 1. The molecule has 0 heterocycles. The molecule has 0 aliphatic heterocycles. The summed E-state index contributed by atoms with van der Waals surface area (Å²) in [6.45, 7) is 1.94. The summed E-state index contributed by atoms with van der Waals surface area (Å²) < 4.78 is 4.86. The second kappa shape index (κ2) is 17.8. The largest absolute Gasteiger partial charge is 0.497 e. The molecule has 0 aromatic heterocycles. The van der Waals surface area contributed by atoms with Crippen molar-refractivity contribution >= 4 is 29.8 Å². The van der Waals surface area contributed by atoms with Crippen LogP contribution in [-0.2, 0) is 9.59 Å². The summed E-state index contributed by atoms with van der Waals surface area (Å²) in [4.78, 5) is 41.2. The number of aldehydes is 1. The number of anilines is 1. The van der Waals surface area contributed by atoms with Gasteiger partial charge in [-0.25, -0.2) is 4.79 Å². The number of carboxylic acid groups (broad SMARTS) is 2. The Hall–Kier alpha value is -3.80. The van der Waals surface area contributed by atoms with E-state index < -0.39 is 18.0 Å². The molecule has 0 bridgehead atoms. The maximum atomic E-state index is 10.6. The molecule has 2 rings (SSSR count). The number of nitrogens with one attached hydrogen (secondary N) is 1. The van der Waals surface area contributed by atoms with Crippen LogP contribution in [0.15, 0.2) is 48.5 Å². The number of aromatic carboxylic acids is 1. The van der Waals surface area contributed by atoms with Crippen molar-refractivity contribution in [3.63, 3.8) is 0 Å². The minimum absolute atomic E-state index is 0. The molecular formula is C22H32N4O7. The third kappa shape index (κ3) is 14.8. The van der Waals surface area contributed by atoms with Crippen LogP contribution in [0.3, 0.4) is 0 Å². The van der Waals surface area contributed by atoms with Crippen molar-refractivity contribution in [1.82, 2.24) is 6.15 Å². The van der Waals surface area contributed by atoms with Gasteiger partial charge in [0.05, 0.1) is 12.7 Å². The molecule has 11 nitrogen and oxygen atoms in total. The summed E-state index contributed by atoms with van der Waals surface area (Å²) in [5, 5.41) is 19.4. The fourth-order valence-corrected chi connectivity index (χ4v) is 2.04. The maximum absolute atomic E-state index is 10.6. The fraction of sp³-hybridized carbons (Fsp3) is 0.273. The van der Waals surface area contributed by atoms with Crippen LogP contribution in [0, 0.1) is 0 Å². The Bertz CT molecular complexity index is 856. The normalized spacial score (nSPS) is 9.94. The molecule has 0 spiro atoms. The van der Waals surface area contributed by atoms with Gasteiger partial charge >= 0.3 is 11.9 Å². The zero-order valence-electron chi connectivity index (χ0n) is 18.7. The van der Waals surface area contributed by atoms with Gasteiger partial charge in [-0.2, -0.15) is 0 Å². The smallest absolute Gasteiger partial charge is 0.335 e. The van der Waals surface area contributed by atoms with Crippen molar-refractivity contribution in [3.05, 3.63) is 59.7 Å². The van der Waals surface area contributed by atoms with Crippen molar-refractivity contribution in [2.24, 2.45) is 11.5 Å². The Morgan fingerprint density at radius 3 is 1.97 bits per heavy atom. The summed E-state index contributed by atoms with van der Waals surface area (Å²) in [5.41, 5.74) is 11.8. The molecule has 182 valence electrons. The van der Waals surface area contributed by atoms with Crippen LogP contribution in [0.2, 0.25) is 0 Å². The third-order valence-corrected chi connectivity index (χ3v) is 3.74. The molecule has 33 heavy (non-hydrogen) atoms. The highest BCUT2D eigenvalue weighted by Gasteiger charge is 2.08. The number of ether oxygens (including phenoxy) is 1. The molecule has 0 aliphatic rings. The lowest BCUT2D eigenvalue weighted by atomic mass is 10.2. The first-order valence-corrected chi connectivity index (χ1v) is 9.53. The van der Waals surface area contributed by atoms with E-state index in [2.05, 4.69) is 5.32 Å². The quantitative estimate of drug-likeness (QED) is 0.313. The average molecular weight is 465 g/mol. The van der Waals surface area contributed by atoms with Crippen LogP contribution in [-0.4, -0.2) is 54.0 Å². The first kappa shape index (κ1) is 31.4. The van der Waals surface area contributed by atoms with Gasteiger partial charge in [0.1, 0.15) is 18.1 Å². The van der Waals surface area contributed by atoms with Gasteiger partial charge in [-0.3, -0.25) is 14.4 Å². The Kier molecular flexibility index (Phi) is 17.0. The Morgan fingerprint density at radius 2 is 1.61 bits per heavy atom. The topological polar surface area (TPSA) is 217 Å². The van der Waals surface area contributed by atoms with Crippen molar-refractivity contribution < 1.29 is 34.1 Å². The first-order valence-electron chi connectivity index (χ1n) is 9.53. The monoisotopic (exact) mass is 464 g/mol. The summed E-state index contributed by atoms with van der Waals surface area (Å²) in [6, 6.07) is 12.2. The van der Waals surface area contributed by atoms with Gasteiger partial charge < -0.3 is 37.9 Å². The summed E-state index contributed by atoms with van der Waals surface area (Å²) >= 11 is 0. The van der Waals surface area contributed by atoms with Gasteiger partial charge in [0.15, 0.2) is 0 Å². The lowest BCUT2D eigenvalue weighted by Gasteiger charge is -2.02. The fourth-order valence-electron chi connectivity index (χ4n) is 2.04. The third-order valence-electron chi connectivity index (χ3n) is 3.74. The van der Waals surface area contributed by atoms with Crippen LogP contribution in [0.4, 0.5) is 5.69 Å².